The van der Waals surface area contributed by atoms with Crippen molar-refractivity contribution in [3.05, 3.63) is 61.2 Å². The zero-order valence-corrected chi connectivity index (χ0v) is 13.4. The fourth-order valence-corrected chi connectivity index (χ4v) is 2.55. The Kier molecular flexibility index (Phi) is 3.66. The average molecular weight is 333 g/mol. The molecule has 4 rings (SSSR count). The maximum atomic E-state index is 10.1. The number of aromatic nitrogens is 4. The summed E-state index contributed by atoms with van der Waals surface area (Å²) >= 11 is 0. The van der Waals surface area contributed by atoms with Gasteiger partial charge < -0.3 is 19.6 Å². The summed E-state index contributed by atoms with van der Waals surface area (Å²) in [7, 11) is 1.57. The number of imidazole rings is 1. The third kappa shape index (κ3) is 2.83. The molecular formula is C18H15N5O2. The number of nitrogens with zero attached hydrogens (tertiary/aromatic N) is 4. The largest absolute Gasteiger partial charge is 0.507 e. The van der Waals surface area contributed by atoms with E-state index in [4.69, 9.17) is 4.74 Å². The monoisotopic (exact) mass is 333 g/mol. The van der Waals surface area contributed by atoms with E-state index in [9.17, 15) is 5.11 Å². The number of anilines is 2. The Morgan fingerprint density at radius 1 is 1.12 bits per heavy atom. The first-order valence-corrected chi connectivity index (χ1v) is 7.64. The highest BCUT2D eigenvalue weighted by Gasteiger charge is 2.12. The van der Waals surface area contributed by atoms with E-state index >= 15 is 0 Å². The molecule has 3 heterocycles. The van der Waals surface area contributed by atoms with Gasteiger partial charge in [-0.15, -0.1) is 0 Å². The summed E-state index contributed by atoms with van der Waals surface area (Å²) in [5.74, 6) is 1.27. The Bertz CT molecular complexity index is 1030. The summed E-state index contributed by atoms with van der Waals surface area (Å²) in [5, 5.41) is 13.3. The SMILES string of the molecule is COc1ccc(Nc2nc(-c3ccccc3O)cn3ccnc23)cn1. The third-order valence-electron chi connectivity index (χ3n) is 3.76. The number of phenolic OH excluding ortho intramolecular Hbond substituents is 1. The minimum Gasteiger partial charge on any atom is -0.507 e. The molecule has 124 valence electrons. The van der Waals surface area contributed by atoms with Crippen molar-refractivity contribution >= 4 is 17.2 Å². The van der Waals surface area contributed by atoms with Crippen molar-refractivity contribution in [2.45, 2.75) is 0 Å². The van der Waals surface area contributed by atoms with E-state index in [1.807, 2.05) is 35.0 Å². The van der Waals surface area contributed by atoms with Gasteiger partial charge in [-0.2, -0.15) is 0 Å². The van der Waals surface area contributed by atoms with Crippen LogP contribution < -0.4 is 10.1 Å². The van der Waals surface area contributed by atoms with Gasteiger partial charge in [0.05, 0.1) is 24.7 Å². The number of para-hydroxylation sites is 1. The molecule has 1 aromatic carbocycles. The first-order valence-electron chi connectivity index (χ1n) is 7.64. The predicted octanol–water partition coefficient (Wildman–Crippen LogP) is 3.25. The van der Waals surface area contributed by atoms with Gasteiger partial charge in [0.25, 0.3) is 0 Å². The summed E-state index contributed by atoms with van der Waals surface area (Å²) in [6.45, 7) is 0. The molecule has 0 saturated carbocycles. The molecule has 0 bridgehead atoms. The number of hydrogen-bond donors (Lipinski definition) is 2. The van der Waals surface area contributed by atoms with Gasteiger partial charge >= 0.3 is 0 Å². The highest BCUT2D eigenvalue weighted by Crippen LogP contribution is 2.30. The Morgan fingerprint density at radius 2 is 2.00 bits per heavy atom. The van der Waals surface area contributed by atoms with Crippen LogP contribution in [0.3, 0.4) is 0 Å². The molecule has 7 heteroatoms. The maximum Gasteiger partial charge on any atom is 0.213 e. The van der Waals surface area contributed by atoms with Crippen molar-refractivity contribution in [1.29, 1.82) is 0 Å². The number of hydrogen-bond acceptors (Lipinski definition) is 6. The van der Waals surface area contributed by atoms with Gasteiger partial charge in [-0.05, 0) is 18.2 Å². The number of aromatic hydroxyl groups is 1. The van der Waals surface area contributed by atoms with Gasteiger partial charge in [0.2, 0.25) is 5.88 Å². The molecule has 25 heavy (non-hydrogen) atoms. The number of fused-ring (bicyclic) bond motifs is 1. The number of nitrogens with one attached hydrogen (secondary N) is 1. The Morgan fingerprint density at radius 3 is 2.76 bits per heavy atom. The average Bonchev–Trinajstić information content (AvgIpc) is 3.11. The molecule has 0 amide bonds. The van der Waals surface area contributed by atoms with Crippen LogP contribution in [0, 0.1) is 0 Å². The van der Waals surface area contributed by atoms with Crippen molar-refractivity contribution in [1.82, 2.24) is 19.4 Å². The minimum atomic E-state index is 0.173. The molecule has 0 atom stereocenters. The zero-order valence-electron chi connectivity index (χ0n) is 13.4. The smallest absolute Gasteiger partial charge is 0.213 e. The van der Waals surface area contributed by atoms with Gasteiger partial charge in [0.15, 0.2) is 11.5 Å². The highest BCUT2D eigenvalue weighted by atomic mass is 16.5. The lowest BCUT2D eigenvalue weighted by molar-refractivity contribution is 0.398. The molecule has 7 nitrogen and oxygen atoms in total. The summed E-state index contributed by atoms with van der Waals surface area (Å²) in [6.07, 6.45) is 7.02. The van der Waals surface area contributed by atoms with Crippen molar-refractivity contribution in [3.63, 3.8) is 0 Å². The van der Waals surface area contributed by atoms with E-state index in [2.05, 4.69) is 20.3 Å². The lowest BCUT2D eigenvalue weighted by atomic mass is 10.1. The molecule has 0 aliphatic heterocycles. The van der Waals surface area contributed by atoms with E-state index < -0.39 is 0 Å². The quantitative estimate of drug-likeness (QED) is 0.596. The number of methoxy groups -OCH3 is 1. The van der Waals surface area contributed by atoms with Crippen molar-refractivity contribution in [2.24, 2.45) is 0 Å². The van der Waals surface area contributed by atoms with E-state index in [1.165, 1.54) is 0 Å². The van der Waals surface area contributed by atoms with Crippen LogP contribution in [-0.4, -0.2) is 31.6 Å². The number of rotatable bonds is 4. The van der Waals surface area contributed by atoms with E-state index in [0.717, 1.165) is 5.69 Å². The van der Waals surface area contributed by atoms with Gasteiger partial charge in [0.1, 0.15) is 5.75 Å². The van der Waals surface area contributed by atoms with Crippen LogP contribution >= 0.6 is 0 Å². The normalized spacial score (nSPS) is 10.8. The molecule has 0 spiro atoms. The van der Waals surface area contributed by atoms with Gasteiger partial charge in [-0.25, -0.2) is 15.0 Å². The fourth-order valence-electron chi connectivity index (χ4n) is 2.55. The number of phenols is 1. The maximum absolute atomic E-state index is 10.1. The topological polar surface area (TPSA) is 84.6 Å². The van der Waals surface area contributed by atoms with Crippen LogP contribution in [0.15, 0.2) is 61.2 Å². The van der Waals surface area contributed by atoms with Gasteiger partial charge in [-0.1, -0.05) is 12.1 Å². The fraction of sp³-hybridized carbons (Fsp3) is 0.0556. The van der Waals surface area contributed by atoms with Crippen LogP contribution in [0.4, 0.5) is 11.5 Å². The molecule has 0 unspecified atom stereocenters. The van der Waals surface area contributed by atoms with Crippen molar-refractivity contribution in [2.75, 3.05) is 12.4 Å². The summed E-state index contributed by atoms with van der Waals surface area (Å²) in [6, 6.07) is 10.7. The van der Waals surface area contributed by atoms with Crippen LogP contribution in [0.5, 0.6) is 11.6 Å². The first kappa shape index (κ1) is 14.9. The summed E-state index contributed by atoms with van der Waals surface area (Å²) < 4.78 is 6.92. The number of pyridine rings is 1. The minimum absolute atomic E-state index is 0.173. The highest BCUT2D eigenvalue weighted by molar-refractivity contribution is 5.75. The van der Waals surface area contributed by atoms with Crippen LogP contribution in [0.2, 0.25) is 0 Å². The molecule has 3 aromatic heterocycles. The number of benzene rings is 1. The second-order valence-electron chi connectivity index (χ2n) is 5.36. The van der Waals surface area contributed by atoms with E-state index in [-0.39, 0.29) is 5.75 Å². The lowest BCUT2D eigenvalue weighted by Gasteiger charge is -2.11. The van der Waals surface area contributed by atoms with Crippen LogP contribution in [0.1, 0.15) is 0 Å². The summed E-state index contributed by atoms with van der Waals surface area (Å²) in [4.78, 5) is 13.1. The predicted molar refractivity (Wildman–Crippen MR) is 94.2 cm³/mol. The Labute approximate surface area is 143 Å². The van der Waals surface area contributed by atoms with Gasteiger partial charge in [-0.3, -0.25) is 0 Å². The standard InChI is InChI=1S/C18H15N5O2/c1-25-16-7-6-12(10-20-16)21-17-18-19-8-9-23(18)11-14(22-17)13-4-2-3-5-15(13)24/h2-11,24H,1H3,(H,21,22). The van der Waals surface area contributed by atoms with Crippen molar-refractivity contribution < 1.29 is 9.84 Å². The number of ether oxygens (including phenoxy) is 1. The van der Waals surface area contributed by atoms with E-state index in [0.29, 0.717) is 28.6 Å². The molecule has 0 radical (unpaired) electrons. The molecule has 0 saturated heterocycles. The van der Waals surface area contributed by atoms with Gasteiger partial charge in [0, 0.05) is 30.2 Å². The van der Waals surface area contributed by atoms with Crippen LogP contribution in [0.25, 0.3) is 16.9 Å². The lowest BCUT2D eigenvalue weighted by Crippen LogP contribution is -2.01. The second-order valence-corrected chi connectivity index (χ2v) is 5.36. The molecule has 2 N–H and O–H groups in total. The van der Waals surface area contributed by atoms with Crippen LogP contribution in [-0.2, 0) is 0 Å². The molecule has 0 aliphatic rings. The molecular weight excluding hydrogens is 318 g/mol. The molecule has 0 aliphatic carbocycles. The molecule has 4 aromatic rings. The third-order valence-corrected chi connectivity index (χ3v) is 3.76. The molecule has 0 fully saturated rings. The van der Waals surface area contributed by atoms with E-state index in [1.54, 1.807) is 37.7 Å². The Hall–Kier alpha value is -3.61. The zero-order chi connectivity index (χ0) is 17.2. The Balaban J connectivity index is 1.79. The second kappa shape index (κ2) is 6.12. The first-order chi connectivity index (χ1) is 12.2. The summed E-state index contributed by atoms with van der Waals surface area (Å²) in [5.41, 5.74) is 2.71. The van der Waals surface area contributed by atoms with Crippen molar-refractivity contribution in [3.8, 4) is 22.9 Å².